The van der Waals surface area contributed by atoms with E-state index in [1.54, 1.807) is 0 Å². The quantitative estimate of drug-likeness (QED) is 0.853. The van der Waals surface area contributed by atoms with Gasteiger partial charge in [-0.15, -0.1) is 0 Å². The molecule has 2 aromatic rings. The summed E-state index contributed by atoms with van der Waals surface area (Å²) in [6, 6.07) is 8.54. The summed E-state index contributed by atoms with van der Waals surface area (Å²) < 4.78 is 13.5. The molecular formula is C20H26N2O3. The van der Waals surface area contributed by atoms with Crippen molar-refractivity contribution in [1.29, 1.82) is 0 Å². The first-order valence-corrected chi connectivity index (χ1v) is 8.75. The molecule has 1 atom stereocenters. The monoisotopic (exact) mass is 342 g/mol. The molecule has 2 heterocycles. The number of ether oxygens (including phenoxy) is 2. The van der Waals surface area contributed by atoms with Gasteiger partial charge < -0.3 is 9.47 Å². The van der Waals surface area contributed by atoms with Gasteiger partial charge in [-0.25, -0.2) is 0 Å². The predicted octanol–water partition coefficient (Wildman–Crippen LogP) is 3.50. The molecule has 0 fully saturated rings. The van der Waals surface area contributed by atoms with Crippen LogP contribution >= 0.6 is 0 Å². The fraction of sp³-hybridized carbons (Fsp3) is 0.500. The van der Waals surface area contributed by atoms with Crippen molar-refractivity contribution in [1.82, 2.24) is 9.55 Å². The first-order valence-electron chi connectivity index (χ1n) is 8.75. The number of benzene rings is 1. The molecule has 134 valence electrons. The van der Waals surface area contributed by atoms with Gasteiger partial charge in [-0.2, -0.15) is 4.98 Å². The van der Waals surface area contributed by atoms with E-state index in [2.05, 4.69) is 37.9 Å². The normalized spacial score (nSPS) is 16.6. The van der Waals surface area contributed by atoms with Crippen LogP contribution in [0.25, 0.3) is 0 Å². The SMILES string of the molecule is CC(C)c1cn2c(nc1=O)OC(COc1ccc(C(C)(C)C)cc1)C2. The zero-order valence-electron chi connectivity index (χ0n) is 15.6. The maximum Gasteiger partial charge on any atom is 0.300 e. The van der Waals surface area contributed by atoms with Crippen molar-refractivity contribution >= 4 is 0 Å². The van der Waals surface area contributed by atoms with Gasteiger partial charge in [0.2, 0.25) is 0 Å². The maximum atomic E-state index is 12.0. The van der Waals surface area contributed by atoms with Gasteiger partial charge in [0.1, 0.15) is 12.4 Å². The van der Waals surface area contributed by atoms with Gasteiger partial charge in [-0.05, 0) is 29.0 Å². The van der Waals surface area contributed by atoms with E-state index >= 15 is 0 Å². The van der Waals surface area contributed by atoms with E-state index in [1.807, 2.05) is 36.7 Å². The highest BCUT2D eigenvalue weighted by atomic mass is 16.6. The third-order valence-corrected chi connectivity index (χ3v) is 4.44. The molecule has 0 aliphatic carbocycles. The predicted molar refractivity (Wildman–Crippen MR) is 97.6 cm³/mol. The van der Waals surface area contributed by atoms with Gasteiger partial charge in [0.05, 0.1) is 6.54 Å². The molecule has 5 nitrogen and oxygen atoms in total. The molecule has 0 radical (unpaired) electrons. The van der Waals surface area contributed by atoms with Crippen LogP contribution < -0.4 is 15.0 Å². The fourth-order valence-corrected chi connectivity index (χ4v) is 2.85. The standard InChI is InChI=1S/C20H26N2O3/c1-13(2)17-11-22-10-16(25-19(22)21-18(17)23)12-24-15-8-6-14(7-9-15)20(3,4)5/h6-9,11,13,16H,10,12H2,1-5H3. The van der Waals surface area contributed by atoms with E-state index in [4.69, 9.17) is 9.47 Å². The van der Waals surface area contributed by atoms with E-state index in [-0.39, 0.29) is 23.0 Å². The van der Waals surface area contributed by atoms with Gasteiger partial charge in [-0.3, -0.25) is 9.36 Å². The Morgan fingerprint density at radius 3 is 2.56 bits per heavy atom. The molecular weight excluding hydrogens is 316 g/mol. The largest absolute Gasteiger partial charge is 0.490 e. The molecule has 1 aromatic heterocycles. The fourth-order valence-electron chi connectivity index (χ4n) is 2.85. The van der Waals surface area contributed by atoms with Crippen LogP contribution in [0, 0.1) is 0 Å². The highest BCUT2D eigenvalue weighted by Crippen LogP contribution is 2.25. The lowest BCUT2D eigenvalue weighted by Gasteiger charge is -2.19. The number of hydrogen-bond acceptors (Lipinski definition) is 4. The van der Waals surface area contributed by atoms with Gasteiger partial charge in [0.25, 0.3) is 11.6 Å². The second-order valence-electron chi connectivity index (χ2n) is 7.92. The molecule has 3 rings (SSSR count). The second kappa shape index (κ2) is 6.54. The highest BCUT2D eigenvalue weighted by Gasteiger charge is 2.25. The number of fused-ring (bicyclic) bond motifs is 1. The van der Waals surface area contributed by atoms with E-state index in [0.29, 0.717) is 24.7 Å². The Balaban J connectivity index is 1.63. The molecule has 1 aliphatic rings. The Hall–Kier alpha value is -2.30. The first-order chi connectivity index (χ1) is 11.7. The maximum absolute atomic E-state index is 12.0. The van der Waals surface area contributed by atoms with Crippen molar-refractivity contribution in [3.8, 4) is 11.8 Å². The summed E-state index contributed by atoms with van der Waals surface area (Å²) in [5.74, 6) is 0.965. The number of rotatable bonds is 4. The lowest BCUT2D eigenvalue weighted by molar-refractivity contribution is 0.143. The van der Waals surface area contributed by atoms with Crippen LogP contribution in [0.1, 0.15) is 51.7 Å². The van der Waals surface area contributed by atoms with E-state index in [0.717, 1.165) is 5.75 Å². The van der Waals surface area contributed by atoms with Crippen molar-refractivity contribution < 1.29 is 9.47 Å². The molecule has 0 saturated heterocycles. The molecule has 25 heavy (non-hydrogen) atoms. The number of hydrogen-bond donors (Lipinski definition) is 0. The third-order valence-electron chi connectivity index (χ3n) is 4.44. The Kier molecular flexibility index (Phi) is 4.58. The zero-order chi connectivity index (χ0) is 18.2. The van der Waals surface area contributed by atoms with Crippen molar-refractivity contribution in [3.05, 3.63) is 51.9 Å². The topological polar surface area (TPSA) is 53.4 Å². The Morgan fingerprint density at radius 1 is 1.28 bits per heavy atom. The lowest BCUT2D eigenvalue weighted by atomic mass is 9.87. The van der Waals surface area contributed by atoms with E-state index < -0.39 is 0 Å². The Morgan fingerprint density at radius 2 is 1.96 bits per heavy atom. The summed E-state index contributed by atoms with van der Waals surface area (Å²) in [4.78, 5) is 16.0. The lowest BCUT2D eigenvalue weighted by Crippen LogP contribution is -2.23. The molecule has 5 heteroatoms. The van der Waals surface area contributed by atoms with Crippen LogP contribution in [0.5, 0.6) is 11.8 Å². The van der Waals surface area contributed by atoms with E-state index in [1.165, 1.54) is 5.56 Å². The Labute approximate surface area is 148 Å². The second-order valence-corrected chi connectivity index (χ2v) is 7.92. The van der Waals surface area contributed by atoms with Gasteiger partial charge in [0, 0.05) is 11.8 Å². The van der Waals surface area contributed by atoms with Gasteiger partial charge in [-0.1, -0.05) is 46.8 Å². The van der Waals surface area contributed by atoms with Crippen LogP contribution in [0.2, 0.25) is 0 Å². The average Bonchev–Trinajstić information content (AvgIpc) is 2.93. The Bertz CT molecular complexity index is 801. The summed E-state index contributed by atoms with van der Waals surface area (Å²) >= 11 is 0. The summed E-state index contributed by atoms with van der Waals surface area (Å²) in [5, 5.41) is 0. The summed E-state index contributed by atoms with van der Waals surface area (Å²) in [6.07, 6.45) is 1.71. The molecule has 0 N–H and O–H groups in total. The van der Waals surface area contributed by atoms with Crippen LogP contribution in [0.4, 0.5) is 0 Å². The van der Waals surface area contributed by atoms with E-state index in [9.17, 15) is 4.79 Å². The molecule has 1 aromatic carbocycles. The van der Waals surface area contributed by atoms with Crippen LogP contribution in [0.15, 0.2) is 35.3 Å². The highest BCUT2D eigenvalue weighted by molar-refractivity contribution is 5.31. The van der Waals surface area contributed by atoms with Crippen LogP contribution in [0.3, 0.4) is 0 Å². The van der Waals surface area contributed by atoms with Crippen molar-refractivity contribution in [2.45, 2.75) is 58.6 Å². The van der Waals surface area contributed by atoms with Crippen LogP contribution in [-0.4, -0.2) is 22.3 Å². The minimum atomic E-state index is -0.208. The molecule has 1 aliphatic heterocycles. The minimum absolute atomic E-state index is 0.126. The molecule has 0 spiro atoms. The van der Waals surface area contributed by atoms with Gasteiger partial charge in [0.15, 0.2) is 6.10 Å². The molecule has 0 amide bonds. The minimum Gasteiger partial charge on any atom is -0.490 e. The number of nitrogens with zero attached hydrogens (tertiary/aromatic N) is 2. The van der Waals surface area contributed by atoms with Gasteiger partial charge >= 0.3 is 0 Å². The zero-order valence-corrected chi connectivity index (χ0v) is 15.6. The number of aromatic nitrogens is 2. The van der Waals surface area contributed by atoms with Crippen molar-refractivity contribution in [2.24, 2.45) is 0 Å². The van der Waals surface area contributed by atoms with Crippen molar-refractivity contribution in [3.63, 3.8) is 0 Å². The van der Waals surface area contributed by atoms with Crippen molar-refractivity contribution in [2.75, 3.05) is 6.61 Å². The smallest absolute Gasteiger partial charge is 0.300 e. The summed E-state index contributed by atoms with van der Waals surface area (Å²) in [7, 11) is 0. The summed E-state index contributed by atoms with van der Waals surface area (Å²) in [6.45, 7) is 11.6. The summed E-state index contributed by atoms with van der Waals surface area (Å²) in [5.41, 5.74) is 1.90. The van der Waals surface area contributed by atoms with Crippen LogP contribution in [-0.2, 0) is 12.0 Å². The first kappa shape index (κ1) is 17.5. The third kappa shape index (κ3) is 3.86. The molecule has 0 saturated carbocycles. The average molecular weight is 342 g/mol. The molecule has 0 bridgehead atoms. The molecule has 1 unspecified atom stereocenters.